The highest BCUT2D eigenvalue weighted by Gasteiger charge is 2.37. The molecule has 2 atom stereocenters. The Morgan fingerprint density at radius 2 is 2.00 bits per heavy atom. The Bertz CT molecular complexity index is 517. The molecule has 1 heterocycles. The highest BCUT2D eigenvalue weighted by Crippen LogP contribution is 2.32. The molecular formula is C15H20ClNO3S. The maximum atomic E-state index is 12.7. The summed E-state index contributed by atoms with van der Waals surface area (Å²) in [5, 5.41) is 9.32. The molecule has 4 nitrogen and oxygen atoms in total. The molecule has 1 aliphatic rings. The molecule has 2 rings (SSSR count). The molecule has 0 unspecified atom stereocenters. The van der Waals surface area contributed by atoms with Crippen molar-refractivity contribution in [3.05, 3.63) is 21.3 Å². The summed E-state index contributed by atoms with van der Waals surface area (Å²) < 4.78 is 0.703. The highest BCUT2D eigenvalue weighted by molar-refractivity contribution is 7.16. The number of thiophene rings is 1. The molecule has 1 amide bonds. The van der Waals surface area contributed by atoms with E-state index >= 15 is 0 Å². The fourth-order valence-electron chi connectivity index (χ4n) is 2.93. The van der Waals surface area contributed by atoms with Crippen molar-refractivity contribution in [1.29, 1.82) is 0 Å². The number of hydrogen-bond acceptors (Lipinski definition) is 3. The zero-order valence-electron chi connectivity index (χ0n) is 12.0. The van der Waals surface area contributed by atoms with Crippen molar-refractivity contribution in [3.63, 3.8) is 0 Å². The molecule has 1 fully saturated rings. The van der Waals surface area contributed by atoms with Crippen LogP contribution in [0.5, 0.6) is 0 Å². The second-order valence-corrected chi connectivity index (χ2v) is 7.19. The van der Waals surface area contributed by atoms with Crippen molar-refractivity contribution >= 4 is 34.8 Å². The quantitative estimate of drug-likeness (QED) is 0.897. The standard InChI is InChI=1S/C15H20ClNO3S/c1-2-17(9-10-7-8-13(16)21-10)14(18)11-5-3-4-6-12(11)15(19)20/h7-8,11-12H,2-6,9H2,1H3,(H,19,20)/t11-,12+/m1/s1. The van der Waals surface area contributed by atoms with Crippen LogP contribution in [0.1, 0.15) is 37.5 Å². The van der Waals surface area contributed by atoms with Crippen molar-refractivity contribution < 1.29 is 14.7 Å². The summed E-state index contributed by atoms with van der Waals surface area (Å²) in [7, 11) is 0. The van der Waals surface area contributed by atoms with Gasteiger partial charge in [0.05, 0.1) is 22.7 Å². The van der Waals surface area contributed by atoms with E-state index in [9.17, 15) is 14.7 Å². The molecule has 21 heavy (non-hydrogen) atoms. The summed E-state index contributed by atoms with van der Waals surface area (Å²) in [4.78, 5) is 26.8. The molecule has 0 saturated heterocycles. The number of carboxylic acids is 1. The first kappa shape index (κ1) is 16.3. The zero-order valence-corrected chi connectivity index (χ0v) is 13.6. The van der Waals surface area contributed by atoms with Crippen LogP contribution < -0.4 is 0 Å². The molecule has 1 N–H and O–H groups in total. The van der Waals surface area contributed by atoms with Gasteiger partial charge in [-0.2, -0.15) is 0 Å². The summed E-state index contributed by atoms with van der Waals surface area (Å²) in [6.45, 7) is 3.01. The van der Waals surface area contributed by atoms with E-state index in [4.69, 9.17) is 11.6 Å². The molecule has 0 aromatic carbocycles. The van der Waals surface area contributed by atoms with Crippen molar-refractivity contribution in [1.82, 2.24) is 4.90 Å². The molecular weight excluding hydrogens is 310 g/mol. The largest absolute Gasteiger partial charge is 0.481 e. The summed E-state index contributed by atoms with van der Waals surface area (Å²) in [5.74, 6) is -1.80. The molecule has 0 bridgehead atoms. The van der Waals surface area contributed by atoms with Crippen molar-refractivity contribution in [2.45, 2.75) is 39.2 Å². The zero-order chi connectivity index (χ0) is 15.4. The van der Waals surface area contributed by atoms with Crippen molar-refractivity contribution in [2.24, 2.45) is 11.8 Å². The Morgan fingerprint density at radius 3 is 2.52 bits per heavy atom. The summed E-state index contributed by atoms with van der Waals surface area (Å²) in [6.07, 6.45) is 3.11. The Kier molecular flexibility index (Phi) is 5.65. The van der Waals surface area contributed by atoms with Gasteiger partial charge < -0.3 is 10.0 Å². The predicted octanol–water partition coefficient (Wildman–Crippen LogP) is 3.64. The fourth-order valence-corrected chi connectivity index (χ4v) is 4.03. The third-order valence-electron chi connectivity index (χ3n) is 4.07. The first-order valence-electron chi connectivity index (χ1n) is 7.28. The Balaban J connectivity index is 2.09. The number of halogens is 1. The average Bonchev–Trinajstić information content (AvgIpc) is 2.89. The smallest absolute Gasteiger partial charge is 0.307 e. The van der Waals surface area contributed by atoms with Crippen LogP contribution in [0.25, 0.3) is 0 Å². The van der Waals surface area contributed by atoms with E-state index in [-0.39, 0.29) is 11.8 Å². The van der Waals surface area contributed by atoms with Gasteiger partial charge in [0.2, 0.25) is 5.91 Å². The number of nitrogens with zero attached hydrogens (tertiary/aromatic N) is 1. The fraction of sp³-hybridized carbons (Fsp3) is 0.600. The lowest BCUT2D eigenvalue weighted by Gasteiger charge is -2.32. The van der Waals surface area contributed by atoms with Gasteiger partial charge in [0, 0.05) is 11.4 Å². The van der Waals surface area contributed by atoms with Gasteiger partial charge in [-0.25, -0.2) is 0 Å². The number of carbonyl (C=O) groups excluding carboxylic acids is 1. The minimum Gasteiger partial charge on any atom is -0.481 e. The molecule has 1 aromatic rings. The van der Waals surface area contributed by atoms with E-state index in [1.165, 1.54) is 11.3 Å². The Labute approximate surface area is 133 Å². The summed E-state index contributed by atoms with van der Waals surface area (Å²) in [5.41, 5.74) is 0. The molecule has 1 saturated carbocycles. The van der Waals surface area contributed by atoms with E-state index < -0.39 is 11.9 Å². The van der Waals surface area contributed by atoms with Gasteiger partial charge in [-0.1, -0.05) is 24.4 Å². The Morgan fingerprint density at radius 1 is 1.33 bits per heavy atom. The molecule has 6 heteroatoms. The number of rotatable bonds is 5. The summed E-state index contributed by atoms with van der Waals surface area (Å²) in [6, 6.07) is 3.74. The van der Waals surface area contributed by atoms with Crippen LogP contribution in [0.2, 0.25) is 4.34 Å². The molecule has 0 spiro atoms. The second kappa shape index (κ2) is 7.27. The minimum atomic E-state index is -0.844. The van der Waals surface area contributed by atoms with Crippen LogP contribution in [0, 0.1) is 11.8 Å². The normalized spacial score (nSPS) is 22.0. The molecule has 116 valence electrons. The van der Waals surface area contributed by atoms with Crippen LogP contribution in [0.15, 0.2) is 12.1 Å². The van der Waals surface area contributed by atoms with Gasteiger partial charge in [-0.05, 0) is 31.9 Å². The van der Waals surface area contributed by atoms with E-state index in [0.29, 0.717) is 30.3 Å². The number of amides is 1. The number of aliphatic carboxylic acids is 1. The molecule has 0 aliphatic heterocycles. The lowest BCUT2D eigenvalue weighted by Crippen LogP contribution is -2.42. The SMILES string of the molecule is CCN(Cc1ccc(Cl)s1)C(=O)[C@@H]1CCCC[C@@H]1C(=O)O. The molecule has 0 radical (unpaired) electrons. The van der Waals surface area contributed by atoms with Crippen LogP contribution in [-0.2, 0) is 16.1 Å². The van der Waals surface area contributed by atoms with Gasteiger partial charge in [0.25, 0.3) is 0 Å². The van der Waals surface area contributed by atoms with Gasteiger partial charge >= 0.3 is 5.97 Å². The first-order chi connectivity index (χ1) is 10.0. The topological polar surface area (TPSA) is 57.6 Å². The van der Waals surface area contributed by atoms with Gasteiger partial charge in [-0.15, -0.1) is 11.3 Å². The van der Waals surface area contributed by atoms with E-state index in [0.717, 1.165) is 17.7 Å². The van der Waals surface area contributed by atoms with Crippen molar-refractivity contribution in [3.8, 4) is 0 Å². The number of carboxylic acid groups (broad SMARTS) is 1. The van der Waals surface area contributed by atoms with Crippen molar-refractivity contribution in [2.75, 3.05) is 6.54 Å². The van der Waals surface area contributed by atoms with Crippen LogP contribution >= 0.6 is 22.9 Å². The van der Waals surface area contributed by atoms with E-state index in [1.54, 1.807) is 4.90 Å². The van der Waals surface area contributed by atoms with Gasteiger partial charge in [0.15, 0.2) is 0 Å². The van der Waals surface area contributed by atoms with Crippen LogP contribution in [0.3, 0.4) is 0 Å². The minimum absolute atomic E-state index is 0.0332. The van der Waals surface area contributed by atoms with Gasteiger partial charge in [0.1, 0.15) is 0 Å². The maximum absolute atomic E-state index is 12.7. The molecule has 1 aromatic heterocycles. The average molecular weight is 330 g/mol. The van der Waals surface area contributed by atoms with E-state index in [1.807, 2.05) is 19.1 Å². The second-order valence-electron chi connectivity index (χ2n) is 5.39. The first-order valence-corrected chi connectivity index (χ1v) is 8.48. The lowest BCUT2D eigenvalue weighted by atomic mass is 9.78. The van der Waals surface area contributed by atoms with Crippen LogP contribution in [0.4, 0.5) is 0 Å². The third kappa shape index (κ3) is 3.98. The monoisotopic (exact) mass is 329 g/mol. The molecule has 1 aliphatic carbocycles. The highest BCUT2D eigenvalue weighted by atomic mass is 35.5. The predicted molar refractivity (Wildman–Crippen MR) is 83.5 cm³/mol. The Hall–Kier alpha value is -1.07. The number of carbonyl (C=O) groups is 2. The van der Waals surface area contributed by atoms with E-state index in [2.05, 4.69) is 0 Å². The number of hydrogen-bond donors (Lipinski definition) is 1. The van der Waals surface area contributed by atoms with Crippen LogP contribution in [-0.4, -0.2) is 28.4 Å². The lowest BCUT2D eigenvalue weighted by molar-refractivity contribution is -0.152. The third-order valence-corrected chi connectivity index (χ3v) is 5.29. The maximum Gasteiger partial charge on any atom is 0.307 e. The summed E-state index contributed by atoms with van der Waals surface area (Å²) >= 11 is 7.38. The van der Waals surface area contributed by atoms with Gasteiger partial charge in [-0.3, -0.25) is 9.59 Å².